The minimum atomic E-state index is -0.537. The number of hydrogen-bond acceptors (Lipinski definition) is 4. The molecule has 0 fully saturated rings. The summed E-state index contributed by atoms with van der Waals surface area (Å²) in [6.07, 6.45) is 2.60. The Bertz CT molecular complexity index is 491. The van der Waals surface area contributed by atoms with E-state index in [4.69, 9.17) is 5.73 Å². The molecule has 0 unspecified atom stereocenters. The minimum Gasteiger partial charge on any atom is -0.355 e. The first-order chi connectivity index (χ1) is 9.51. The highest BCUT2D eigenvalue weighted by molar-refractivity contribution is 7.98. The zero-order valence-electron chi connectivity index (χ0n) is 12.0. The molecule has 4 N–H and O–H groups in total. The third-order valence-corrected chi connectivity index (χ3v) is 3.68. The highest BCUT2D eigenvalue weighted by atomic mass is 32.2. The maximum absolute atomic E-state index is 12.0. The summed E-state index contributed by atoms with van der Waals surface area (Å²) in [5.41, 5.74) is 7.72. The molecule has 110 valence electrons. The molecular weight excluding hydrogens is 274 g/mol. The van der Waals surface area contributed by atoms with Gasteiger partial charge in [-0.3, -0.25) is 9.59 Å². The molecule has 0 aliphatic heterocycles. The molecule has 0 saturated heterocycles. The molecule has 0 saturated carbocycles. The molecule has 1 aromatic rings. The second-order valence-corrected chi connectivity index (χ2v) is 5.42. The number of amides is 2. The van der Waals surface area contributed by atoms with E-state index in [1.54, 1.807) is 43.9 Å². The van der Waals surface area contributed by atoms with Gasteiger partial charge >= 0.3 is 0 Å². The molecule has 20 heavy (non-hydrogen) atoms. The van der Waals surface area contributed by atoms with E-state index < -0.39 is 6.04 Å². The Balaban J connectivity index is 2.82. The van der Waals surface area contributed by atoms with Crippen LogP contribution in [0, 0.1) is 6.92 Å². The smallest absolute Gasteiger partial charge is 0.251 e. The van der Waals surface area contributed by atoms with Crippen LogP contribution < -0.4 is 16.4 Å². The van der Waals surface area contributed by atoms with Crippen LogP contribution in [0.3, 0.4) is 0 Å². The Hall–Kier alpha value is -1.53. The fraction of sp³-hybridized carbons (Fsp3) is 0.429. The van der Waals surface area contributed by atoms with Crippen molar-refractivity contribution in [1.82, 2.24) is 5.32 Å². The second kappa shape index (κ2) is 7.91. The Morgan fingerprint density at radius 3 is 2.70 bits per heavy atom. The standard InChI is InChI=1S/C14H21N3O2S/c1-9-10(13(18)16-2)5-4-6-12(9)17-14(19)11(15)7-8-20-3/h4-6,11H,7-8,15H2,1-3H3,(H,16,18)(H,17,19)/t11-/m1/s1. The quantitative estimate of drug-likeness (QED) is 0.740. The molecule has 6 heteroatoms. The maximum Gasteiger partial charge on any atom is 0.251 e. The predicted molar refractivity (Wildman–Crippen MR) is 84.2 cm³/mol. The van der Waals surface area contributed by atoms with Gasteiger partial charge in [0.2, 0.25) is 5.91 Å². The highest BCUT2D eigenvalue weighted by Crippen LogP contribution is 2.19. The third-order valence-electron chi connectivity index (χ3n) is 3.03. The molecular formula is C14H21N3O2S. The lowest BCUT2D eigenvalue weighted by molar-refractivity contribution is -0.117. The van der Waals surface area contributed by atoms with Crippen LogP contribution >= 0.6 is 11.8 Å². The van der Waals surface area contributed by atoms with Crippen LogP contribution in [0.2, 0.25) is 0 Å². The van der Waals surface area contributed by atoms with Crippen molar-refractivity contribution in [1.29, 1.82) is 0 Å². The molecule has 0 aliphatic rings. The number of thioether (sulfide) groups is 1. The van der Waals surface area contributed by atoms with Crippen molar-refractivity contribution in [2.24, 2.45) is 5.73 Å². The van der Waals surface area contributed by atoms with Gasteiger partial charge in [-0.2, -0.15) is 11.8 Å². The van der Waals surface area contributed by atoms with E-state index in [0.29, 0.717) is 17.7 Å². The summed E-state index contributed by atoms with van der Waals surface area (Å²) in [6.45, 7) is 1.80. The lowest BCUT2D eigenvalue weighted by atomic mass is 10.1. The molecule has 2 amide bonds. The minimum absolute atomic E-state index is 0.176. The van der Waals surface area contributed by atoms with Gasteiger partial charge in [0.05, 0.1) is 6.04 Å². The first-order valence-corrected chi connectivity index (χ1v) is 7.77. The lowest BCUT2D eigenvalue weighted by Gasteiger charge is -2.15. The molecule has 5 nitrogen and oxygen atoms in total. The van der Waals surface area contributed by atoms with Crippen molar-refractivity contribution >= 4 is 29.3 Å². The molecule has 0 bridgehead atoms. The van der Waals surface area contributed by atoms with Gasteiger partial charge in [0.15, 0.2) is 0 Å². The number of nitrogens with one attached hydrogen (secondary N) is 2. The van der Waals surface area contributed by atoms with E-state index in [1.165, 1.54) is 0 Å². The molecule has 1 aromatic carbocycles. The van der Waals surface area contributed by atoms with Gasteiger partial charge < -0.3 is 16.4 Å². The molecule has 0 aliphatic carbocycles. The van der Waals surface area contributed by atoms with Gasteiger partial charge in [0.1, 0.15) is 0 Å². The third kappa shape index (κ3) is 4.25. The number of nitrogens with two attached hydrogens (primary N) is 1. The normalized spacial score (nSPS) is 11.8. The number of carbonyl (C=O) groups excluding carboxylic acids is 2. The van der Waals surface area contributed by atoms with E-state index in [1.807, 2.05) is 6.26 Å². The van der Waals surface area contributed by atoms with E-state index >= 15 is 0 Å². The predicted octanol–water partition coefficient (Wildman–Crippen LogP) is 1.37. The Morgan fingerprint density at radius 2 is 2.10 bits per heavy atom. The number of benzene rings is 1. The van der Waals surface area contributed by atoms with Crippen molar-refractivity contribution in [2.45, 2.75) is 19.4 Å². The van der Waals surface area contributed by atoms with E-state index in [2.05, 4.69) is 10.6 Å². The molecule has 1 atom stereocenters. The van der Waals surface area contributed by atoms with Gasteiger partial charge in [-0.15, -0.1) is 0 Å². The molecule has 1 rings (SSSR count). The van der Waals surface area contributed by atoms with Crippen LogP contribution in [0.25, 0.3) is 0 Å². The summed E-state index contributed by atoms with van der Waals surface area (Å²) >= 11 is 1.65. The average molecular weight is 295 g/mol. The fourth-order valence-corrected chi connectivity index (χ4v) is 2.24. The molecule has 0 heterocycles. The maximum atomic E-state index is 12.0. The number of rotatable bonds is 6. The SMILES string of the molecule is CNC(=O)c1cccc(NC(=O)[C@H](N)CCSC)c1C. The van der Waals surface area contributed by atoms with Crippen molar-refractivity contribution < 1.29 is 9.59 Å². The number of hydrogen-bond donors (Lipinski definition) is 3. The van der Waals surface area contributed by atoms with Crippen LogP contribution in [0.5, 0.6) is 0 Å². The molecule has 0 radical (unpaired) electrons. The van der Waals surface area contributed by atoms with Crippen LogP contribution in [0.4, 0.5) is 5.69 Å². The monoisotopic (exact) mass is 295 g/mol. The zero-order chi connectivity index (χ0) is 15.1. The van der Waals surface area contributed by atoms with Crippen molar-refractivity contribution in [2.75, 3.05) is 24.4 Å². The topological polar surface area (TPSA) is 84.2 Å². The first-order valence-electron chi connectivity index (χ1n) is 6.38. The van der Waals surface area contributed by atoms with Gasteiger partial charge in [-0.1, -0.05) is 6.07 Å². The van der Waals surface area contributed by atoms with Crippen molar-refractivity contribution in [3.05, 3.63) is 29.3 Å². The van der Waals surface area contributed by atoms with E-state index in [9.17, 15) is 9.59 Å². The summed E-state index contributed by atoms with van der Waals surface area (Å²) in [6, 6.07) is 4.68. The van der Waals surface area contributed by atoms with Gasteiger partial charge in [0, 0.05) is 18.3 Å². The van der Waals surface area contributed by atoms with Gasteiger partial charge in [0.25, 0.3) is 5.91 Å². The fourth-order valence-electron chi connectivity index (χ4n) is 1.75. The number of carbonyl (C=O) groups is 2. The van der Waals surface area contributed by atoms with Gasteiger partial charge in [-0.05, 0) is 43.0 Å². The van der Waals surface area contributed by atoms with Gasteiger partial charge in [-0.25, -0.2) is 0 Å². The summed E-state index contributed by atoms with van der Waals surface area (Å²) in [4.78, 5) is 23.7. The summed E-state index contributed by atoms with van der Waals surface area (Å²) in [5, 5.41) is 5.36. The summed E-state index contributed by atoms with van der Waals surface area (Å²) < 4.78 is 0. The largest absolute Gasteiger partial charge is 0.355 e. The van der Waals surface area contributed by atoms with Crippen LogP contribution in [0.1, 0.15) is 22.3 Å². The van der Waals surface area contributed by atoms with E-state index in [-0.39, 0.29) is 11.8 Å². The first kappa shape index (κ1) is 16.5. The lowest BCUT2D eigenvalue weighted by Crippen LogP contribution is -2.36. The van der Waals surface area contributed by atoms with Crippen molar-refractivity contribution in [3.63, 3.8) is 0 Å². The summed E-state index contributed by atoms with van der Waals surface area (Å²) in [7, 11) is 1.57. The van der Waals surface area contributed by atoms with E-state index in [0.717, 1.165) is 11.3 Å². The average Bonchev–Trinajstić information content (AvgIpc) is 2.45. The Kier molecular flexibility index (Phi) is 6.54. The van der Waals surface area contributed by atoms with Crippen molar-refractivity contribution in [3.8, 4) is 0 Å². The van der Waals surface area contributed by atoms with Crippen LogP contribution in [0.15, 0.2) is 18.2 Å². The highest BCUT2D eigenvalue weighted by Gasteiger charge is 2.16. The summed E-state index contributed by atoms with van der Waals surface area (Å²) in [5.74, 6) is 0.438. The van der Waals surface area contributed by atoms with Crippen LogP contribution in [-0.2, 0) is 4.79 Å². The Morgan fingerprint density at radius 1 is 1.40 bits per heavy atom. The second-order valence-electron chi connectivity index (χ2n) is 4.43. The van der Waals surface area contributed by atoms with Crippen LogP contribution in [-0.4, -0.2) is 36.9 Å². The molecule has 0 aromatic heterocycles. The Labute approximate surface area is 123 Å². The zero-order valence-corrected chi connectivity index (χ0v) is 12.8. The number of anilines is 1. The molecule has 0 spiro atoms.